The number of nitrogens with one attached hydrogen (secondary N) is 1. The minimum atomic E-state index is -4.94. The highest BCUT2D eigenvalue weighted by atomic mass is 32.2. The largest absolute Gasteiger partial charge is 0.422 e. The van der Waals surface area contributed by atoms with Crippen molar-refractivity contribution in [1.82, 2.24) is 10.6 Å². The van der Waals surface area contributed by atoms with E-state index >= 15 is 0 Å². The van der Waals surface area contributed by atoms with Gasteiger partial charge in [0.15, 0.2) is 4.75 Å². The highest BCUT2D eigenvalue weighted by Crippen LogP contribution is 2.30. The molecule has 1 atom stereocenters. The van der Waals surface area contributed by atoms with E-state index in [1.807, 2.05) is 0 Å². The number of benzene rings is 1. The Morgan fingerprint density at radius 3 is 2.63 bits per heavy atom. The first-order valence-corrected chi connectivity index (χ1v) is 10.2. The van der Waals surface area contributed by atoms with E-state index in [1.54, 1.807) is 19.1 Å². The van der Waals surface area contributed by atoms with Gasteiger partial charge in [-0.2, -0.15) is 13.7 Å². The molecule has 1 aliphatic rings. The van der Waals surface area contributed by atoms with Crippen LogP contribution in [-0.4, -0.2) is 42.0 Å². The SMILES string of the molecule is Cc1c(CC(=O)NCCC2(S(=O)(=O)O)CC(=O)[N]C2=O)c(=O)oc2cc(N)ccc12. The van der Waals surface area contributed by atoms with Gasteiger partial charge >= 0.3 is 5.63 Å². The van der Waals surface area contributed by atoms with Crippen LogP contribution in [0.15, 0.2) is 27.4 Å². The number of anilines is 1. The van der Waals surface area contributed by atoms with Crippen LogP contribution in [0.1, 0.15) is 24.0 Å². The molecular formula is C18H18N3O8S. The molecule has 1 saturated heterocycles. The summed E-state index contributed by atoms with van der Waals surface area (Å²) in [5.74, 6) is -2.87. The third-order valence-electron chi connectivity index (χ3n) is 5.05. The highest BCUT2D eigenvalue weighted by molar-refractivity contribution is 7.88. The summed E-state index contributed by atoms with van der Waals surface area (Å²) < 4.78 is 35.5. The molecule has 0 bridgehead atoms. The topological polar surface area (TPSA) is 188 Å². The van der Waals surface area contributed by atoms with E-state index < -0.39 is 51.1 Å². The molecule has 2 heterocycles. The molecule has 1 radical (unpaired) electrons. The Morgan fingerprint density at radius 2 is 2.03 bits per heavy atom. The van der Waals surface area contributed by atoms with Crippen molar-refractivity contribution in [3.05, 3.63) is 39.7 Å². The van der Waals surface area contributed by atoms with Gasteiger partial charge in [0, 0.05) is 23.7 Å². The Balaban J connectivity index is 1.74. The fourth-order valence-electron chi connectivity index (χ4n) is 3.34. The van der Waals surface area contributed by atoms with Crippen molar-refractivity contribution < 1.29 is 31.8 Å². The first-order valence-electron chi connectivity index (χ1n) is 8.79. The number of nitrogen functional groups attached to an aromatic ring is 1. The first kappa shape index (κ1) is 21.5. The molecule has 0 spiro atoms. The maximum atomic E-state index is 12.3. The lowest BCUT2D eigenvalue weighted by atomic mass is 10.0. The van der Waals surface area contributed by atoms with E-state index in [2.05, 4.69) is 10.6 Å². The molecule has 1 unspecified atom stereocenters. The van der Waals surface area contributed by atoms with Gasteiger partial charge in [-0.1, -0.05) is 0 Å². The van der Waals surface area contributed by atoms with E-state index in [9.17, 15) is 32.1 Å². The van der Waals surface area contributed by atoms with Crippen molar-refractivity contribution in [2.45, 2.75) is 30.9 Å². The molecule has 1 aliphatic heterocycles. The number of rotatable bonds is 6. The third-order valence-corrected chi connectivity index (χ3v) is 6.56. The van der Waals surface area contributed by atoms with E-state index in [-0.39, 0.29) is 24.1 Å². The maximum Gasteiger partial charge on any atom is 0.340 e. The van der Waals surface area contributed by atoms with Gasteiger partial charge in [-0.05, 0) is 31.0 Å². The van der Waals surface area contributed by atoms with Crippen molar-refractivity contribution >= 4 is 44.5 Å². The summed E-state index contributed by atoms with van der Waals surface area (Å²) in [6.07, 6.45) is -1.70. The third kappa shape index (κ3) is 3.78. The van der Waals surface area contributed by atoms with Crippen molar-refractivity contribution in [2.75, 3.05) is 12.3 Å². The van der Waals surface area contributed by atoms with Crippen molar-refractivity contribution in [3.8, 4) is 0 Å². The van der Waals surface area contributed by atoms with Crippen LogP contribution >= 0.6 is 0 Å². The number of carbonyl (C=O) groups excluding carboxylic acids is 3. The number of imide groups is 1. The second-order valence-corrected chi connectivity index (χ2v) is 8.71. The van der Waals surface area contributed by atoms with Crippen LogP contribution in [-0.2, 0) is 30.9 Å². The molecule has 2 aromatic rings. The number of nitrogens with zero attached hydrogens (tertiary/aromatic N) is 1. The highest BCUT2D eigenvalue weighted by Gasteiger charge is 2.57. The van der Waals surface area contributed by atoms with Gasteiger partial charge in [0.05, 0.1) is 18.4 Å². The summed E-state index contributed by atoms with van der Waals surface area (Å²) in [7, 11) is -4.94. The monoisotopic (exact) mass is 436 g/mol. The quantitative estimate of drug-likeness (QED) is 0.230. The lowest BCUT2D eigenvalue weighted by Crippen LogP contribution is -2.46. The molecule has 0 aliphatic carbocycles. The molecule has 1 aromatic carbocycles. The summed E-state index contributed by atoms with van der Waals surface area (Å²) in [5, 5.41) is 6.03. The normalized spacial score (nSPS) is 19.1. The van der Waals surface area contributed by atoms with Crippen LogP contribution in [0.2, 0.25) is 0 Å². The lowest BCUT2D eigenvalue weighted by Gasteiger charge is -2.21. The second kappa shape index (κ2) is 7.54. The van der Waals surface area contributed by atoms with Crippen molar-refractivity contribution in [1.29, 1.82) is 0 Å². The molecule has 3 amide bonds. The zero-order chi connectivity index (χ0) is 22.3. The zero-order valence-corrected chi connectivity index (χ0v) is 16.6. The van der Waals surface area contributed by atoms with Crippen LogP contribution in [0.25, 0.3) is 11.0 Å². The van der Waals surface area contributed by atoms with Crippen LogP contribution in [0.5, 0.6) is 0 Å². The number of fused-ring (bicyclic) bond motifs is 1. The van der Waals surface area contributed by atoms with E-state index in [0.717, 1.165) is 0 Å². The molecule has 1 fully saturated rings. The standard InChI is InChI=1S/C18H18N3O8S/c1-9-11-3-2-10(19)6-13(11)29-16(24)12(9)7-14(22)20-5-4-18(30(26,27)28)8-15(23)21-17(18)25/h2-3,6H,4-5,7-8,19H2,1H3,(H,20,22)(H,26,27,28). The minimum absolute atomic E-state index is 0.108. The Morgan fingerprint density at radius 1 is 1.33 bits per heavy atom. The van der Waals surface area contributed by atoms with Crippen molar-refractivity contribution in [3.63, 3.8) is 0 Å². The number of hydrogen-bond acceptors (Lipinski definition) is 8. The van der Waals surface area contributed by atoms with E-state index in [0.29, 0.717) is 16.6 Å². The Kier molecular flexibility index (Phi) is 5.39. The average Bonchev–Trinajstić information content (AvgIpc) is 2.92. The van der Waals surface area contributed by atoms with Crippen molar-refractivity contribution in [2.24, 2.45) is 0 Å². The molecule has 0 saturated carbocycles. The predicted molar refractivity (Wildman–Crippen MR) is 104 cm³/mol. The first-order chi connectivity index (χ1) is 13.9. The van der Waals surface area contributed by atoms with Gasteiger partial charge in [-0.15, -0.1) is 0 Å². The lowest BCUT2D eigenvalue weighted by molar-refractivity contribution is -0.126. The molecule has 3 rings (SSSR count). The second-order valence-electron chi connectivity index (χ2n) is 6.98. The Hall–Kier alpha value is -3.25. The predicted octanol–water partition coefficient (Wildman–Crippen LogP) is -0.580. The molecule has 4 N–H and O–H groups in total. The number of amides is 3. The number of carbonyl (C=O) groups is 3. The van der Waals surface area contributed by atoms with Gasteiger partial charge in [-0.3, -0.25) is 18.9 Å². The van der Waals surface area contributed by atoms with Gasteiger partial charge in [0.1, 0.15) is 5.58 Å². The van der Waals surface area contributed by atoms with Gasteiger partial charge < -0.3 is 15.5 Å². The van der Waals surface area contributed by atoms with Crippen LogP contribution in [0, 0.1) is 6.92 Å². The van der Waals surface area contributed by atoms with Gasteiger partial charge in [0.25, 0.3) is 21.9 Å². The summed E-state index contributed by atoms with van der Waals surface area (Å²) in [6.45, 7) is 1.30. The molecule has 30 heavy (non-hydrogen) atoms. The summed E-state index contributed by atoms with van der Waals surface area (Å²) in [6, 6.07) is 4.78. The summed E-state index contributed by atoms with van der Waals surface area (Å²) in [5.41, 5.74) is 6.28. The van der Waals surface area contributed by atoms with Crippen LogP contribution in [0.3, 0.4) is 0 Å². The molecule has 11 nitrogen and oxygen atoms in total. The fourth-order valence-corrected chi connectivity index (χ4v) is 4.27. The number of aryl methyl sites for hydroxylation is 1. The molecule has 1 aromatic heterocycles. The van der Waals surface area contributed by atoms with E-state index in [4.69, 9.17) is 10.2 Å². The Bertz CT molecular complexity index is 1230. The molecule has 159 valence electrons. The minimum Gasteiger partial charge on any atom is -0.422 e. The van der Waals surface area contributed by atoms with Crippen LogP contribution < -0.4 is 22.0 Å². The zero-order valence-electron chi connectivity index (χ0n) is 15.8. The number of nitrogens with two attached hydrogens (primary N) is 1. The van der Waals surface area contributed by atoms with Crippen LogP contribution in [0.4, 0.5) is 5.69 Å². The molecule has 12 heteroatoms. The molecular weight excluding hydrogens is 418 g/mol. The fraction of sp³-hybridized carbons (Fsp3) is 0.333. The van der Waals surface area contributed by atoms with Gasteiger partial charge in [0.2, 0.25) is 5.91 Å². The maximum absolute atomic E-state index is 12.3. The smallest absolute Gasteiger partial charge is 0.340 e. The average molecular weight is 436 g/mol. The van der Waals surface area contributed by atoms with Gasteiger partial charge in [-0.25, -0.2) is 4.79 Å². The number of hydrogen-bond donors (Lipinski definition) is 3. The summed E-state index contributed by atoms with van der Waals surface area (Å²) in [4.78, 5) is 47.7. The summed E-state index contributed by atoms with van der Waals surface area (Å²) >= 11 is 0. The Labute approximate surface area is 170 Å². The van der Waals surface area contributed by atoms with E-state index in [1.165, 1.54) is 6.07 Å².